The predicted molar refractivity (Wildman–Crippen MR) is 131 cm³/mol. The summed E-state index contributed by atoms with van der Waals surface area (Å²) in [5.41, 5.74) is 2.68. The number of hydrogen-bond donors (Lipinski definition) is 0. The monoisotopic (exact) mass is 468 g/mol. The van der Waals surface area contributed by atoms with Gasteiger partial charge < -0.3 is 18.9 Å². The number of anilines is 1. The molecular formula is C26H33FN4O3. The average molecular weight is 469 g/mol. The highest BCUT2D eigenvalue weighted by Gasteiger charge is 2.18. The highest BCUT2D eigenvalue weighted by atomic mass is 19.1. The van der Waals surface area contributed by atoms with Gasteiger partial charge >= 0.3 is 0 Å². The Balaban J connectivity index is 1.22. The second-order valence-corrected chi connectivity index (χ2v) is 8.62. The molecule has 34 heavy (non-hydrogen) atoms. The van der Waals surface area contributed by atoms with Crippen molar-refractivity contribution in [2.24, 2.45) is 0 Å². The third kappa shape index (κ3) is 5.87. The molecule has 3 aromatic rings. The van der Waals surface area contributed by atoms with Crippen molar-refractivity contribution in [3.8, 4) is 22.8 Å². The third-order valence-electron chi connectivity index (χ3n) is 6.24. The molecule has 0 radical (unpaired) electrons. The van der Waals surface area contributed by atoms with Crippen molar-refractivity contribution in [1.82, 2.24) is 15.0 Å². The van der Waals surface area contributed by atoms with Crippen molar-refractivity contribution in [2.75, 3.05) is 65.4 Å². The van der Waals surface area contributed by atoms with Crippen molar-refractivity contribution in [3.63, 3.8) is 0 Å². The van der Waals surface area contributed by atoms with Gasteiger partial charge in [0.15, 0.2) is 17.3 Å². The molecule has 182 valence electrons. The van der Waals surface area contributed by atoms with Crippen LogP contribution in [0.3, 0.4) is 0 Å². The number of aromatic nitrogens is 1. The van der Waals surface area contributed by atoms with Gasteiger partial charge in [-0.3, -0.25) is 9.80 Å². The Morgan fingerprint density at radius 3 is 2.50 bits per heavy atom. The van der Waals surface area contributed by atoms with Gasteiger partial charge in [0.25, 0.3) is 0 Å². The van der Waals surface area contributed by atoms with E-state index in [1.165, 1.54) is 12.1 Å². The second-order valence-electron chi connectivity index (χ2n) is 8.62. The van der Waals surface area contributed by atoms with Crippen LogP contribution in [0.15, 0.2) is 53.1 Å². The summed E-state index contributed by atoms with van der Waals surface area (Å²) in [6.07, 6.45) is 1.08. The van der Waals surface area contributed by atoms with E-state index in [1.54, 1.807) is 14.2 Å². The van der Waals surface area contributed by atoms with E-state index in [0.717, 1.165) is 68.4 Å². The first-order valence-electron chi connectivity index (χ1n) is 11.7. The molecule has 1 saturated heterocycles. The van der Waals surface area contributed by atoms with Crippen molar-refractivity contribution in [3.05, 3.63) is 60.1 Å². The van der Waals surface area contributed by atoms with Gasteiger partial charge in [0.1, 0.15) is 11.5 Å². The molecule has 1 fully saturated rings. The molecule has 2 heterocycles. The Kier molecular flexibility index (Phi) is 8.03. The molecule has 1 aliphatic heterocycles. The maximum atomic E-state index is 13.1. The van der Waals surface area contributed by atoms with Crippen LogP contribution in [-0.2, 0) is 6.54 Å². The molecule has 4 rings (SSSR count). The van der Waals surface area contributed by atoms with E-state index in [-0.39, 0.29) is 5.82 Å². The fourth-order valence-electron chi connectivity index (χ4n) is 4.39. The quantitative estimate of drug-likeness (QED) is 0.443. The zero-order chi connectivity index (χ0) is 23.9. The first kappa shape index (κ1) is 24.0. The Bertz CT molecular complexity index is 1050. The minimum absolute atomic E-state index is 0.187. The van der Waals surface area contributed by atoms with Crippen LogP contribution in [0.5, 0.6) is 11.5 Å². The molecule has 7 nitrogen and oxygen atoms in total. The van der Waals surface area contributed by atoms with Crippen LogP contribution in [0, 0.1) is 5.82 Å². The minimum atomic E-state index is -0.187. The first-order chi connectivity index (χ1) is 16.6. The molecule has 0 atom stereocenters. The van der Waals surface area contributed by atoms with Crippen LogP contribution >= 0.6 is 0 Å². The Hall–Kier alpha value is -3.10. The van der Waals surface area contributed by atoms with Crippen molar-refractivity contribution in [1.29, 1.82) is 0 Å². The number of nitrogens with zero attached hydrogens (tertiary/aromatic N) is 4. The van der Waals surface area contributed by atoms with E-state index in [2.05, 4.69) is 26.9 Å². The summed E-state index contributed by atoms with van der Waals surface area (Å²) in [5.74, 6) is 1.95. The summed E-state index contributed by atoms with van der Waals surface area (Å²) in [5, 5.41) is 4.24. The molecule has 1 aliphatic rings. The number of benzene rings is 2. The molecule has 0 saturated carbocycles. The minimum Gasteiger partial charge on any atom is -0.493 e. The summed E-state index contributed by atoms with van der Waals surface area (Å²) >= 11 is 0. The van der Waals surface area contributed by atoms with Gasteiger partial charge in [0.05, 0.1) is 20.8 Å². The number of hydrogen-bond acceptors (Lipinski definition) is 7. The molecule has 1 aromatic heterocycles. The molecule has 0 aliphatic carbocycles. The summed E-state index contributed by atoms with van der Waals surface area (Å²) in [7, 11) is 5.34. The molecule has 0 spiro atoms. The van der Waals surface area contributed by atoms with Crippen molar-refractivity contribution in [2.45, 2.75) is 13.0 Å². The van der Waals surface area contributed by atoms with Crippen LogP contribution in [0.2, 0.25) is 0 Å². The van der Waals surface area contributed by atoms with Crippen LogP contribution < -0.4 is 14.4 Å². The van der Waals surface area contributed by atoms with Crippen LogP contribution in [-0.4, -0.2) is 75.5 Å². The summed E-state index contributed by atoms with van der Waals surface area (Å²) in [6, 6.07) is 14.5. The lowest BCUT2D eigenvalue weighted by molar-refractivity contribution is 0.223. The van der Waals surface area contributed by atoms with Crippen molar-refractivity contribution >= 4 is 5.69 Å². The van der Waals surface area contributed by atoms with Crippen LogP contribution in [0.4, 0.5) is 10.1 Å². The number of halogens is 1. The predicted octanol–water partition coefficient (Wildman–Crippen LogP) is 4.14. The molecule has 0 unspecified atom stereocenters. The number of rotatable bonds is 10. The highest BCUT2D eigenvalue weighted by molar-refractivity contribution is 5.71. The number of piperazine rings is 1. The molecule has 0 bridgehead atoms. The smallest absolute Gasteiger partial charge is 0.170 e. The fraction of sp³-hybridized carbons (Fsp3) is 0.423. The summed E-state index contributed by atoms with van der Waals surface area (Å²) < 4.78 is 29.6. The SMILES string of the molecule is COc1cccc(-c2cc(CN(C)CCCN3CCN(c4ccc(F)cc4)CC3)on2)c1OC. The summed E-state index contributed by atoms with van der Waals surface area (Å²) in [4.78, 5) is 7.07. The Morgan fingerprint density at radius 1 is 1.03 bits per heavy atom. The van der Waals surface area contributed by atoms with Crippen LogP contribution in [0.1, 0.15) is 12.2 Å². The summed E-state index contributed by atoms with van der Waals surface area (Å²) in [6.45, 7) is 6.70. The molecule has 0 N–H and O–H groups in total. The van der Waals surface area contributed by atoms with E-state index >= 15 is 0 Å². The van der Waals surface area contributed by atoms with Crippen molar-refractivity contribution < 1.29 is 18.4 Å². The number of para-hydroxylation sites is 1. The topological polar surface area (TPSA) is 54.2 Å². The first-order valence-corrected chi connectivity index (χ1v) is 11.7. The number of methoxy groups -OCH3 is 2. The van der Waals surface area contributed by atoms with Gasteiger partial charge in [-0.05, 0) is 63.0 Å². The van der Waals surface area contributed by atoms with Gasteiger partial charge in [-0.25, -0.2) is 4.39 Å². The highest BCUT2D eigenvalue weighted by Crippen LogP contribution is 2.37. The second kappa shape index (κ2) is 11.4. The third-order valence-corrected chi connectivity index (χ3v) is 6.24. The lowest BCUT2D eigenvalue weighted by atomic mass is 10.1. The normalized spacial score (nSPS) is 14.6. The van der Waals surface area contributed by atoms with E-state index in [9.17, 15) is 4.39 Å². The lowest BCUT2D eigenvalue weighted by Gasteiger charge is -2.36. The zero-order valence-electron chi connectivity index (χ0n) is 20.2. The van der Waals surface area contributed by atoms with E-state index < -0.39 is 0 Å². The standard InChI is InChI=1S/C26H33FN4O3/c1-29(12-5-13-30-14-16-31(17-15-30)21-10-8-20(27)9-11-21)19-22-18-24(28-34-22)23-6-4-7-25(32-2)26(23)33-3/h4,6-11,18H,5,12-17,19H2,1-3H3. The Morgan fingerprint density at radius 2 is 1.79 bits per heavy atom. The molecule has 2 aromatic carbocycles. The van der Waals surface area contributed by atoms with Gasteiger partial charge in [-0.2, -0.15) is 0 Å². The average Bonchev–Trinajstić information content (AvgIpc) is 3.32. The van der Waals surface area contributed by atoms with Crippen LogP contribution in [0.25, 0.3) is 11.3 Å². The van der Waals surface area contributed by atoms with Gasteiger partial charge in [0.2, 0.25) is 0 Å². The lowest BCUT2D eigenvalue weighted by Crippen LogP contribution is -2.47. The number of ether oxygens (including phenoxy) is 2. The van der Waals surface area contributed by atoms with E-state index in [1.807, 2.05) is 36.4 Å². The van der Waals surface area contributed by atoms with Gasteiger partial charge in [-0.1, -0.05) is 11.2 Å². The largest absolute Gasteiger partial charge is 0.493 e. The molecular weight excluding hydrogens is 435 g/mol. The van der Waals surface area contributed by atoms with E-state index in [4.69, 9.17) is 14.0 Å². The van der Waals surface area contributed by atoms with E-state index in [0.29, 0.717) is 18.0 Å². The zero-order valence-corrected chi connectivity index (χ0v) is 20.2. The van der Waals surface area contributed by atoms with Gasteiger partial charge in [0, 0.05) is 43.5 Å². The van der Waals surface area contributed by atoms with Gasteiger partial charge in [-0.15, -0.1) is 0 Å². The maximum absolute atomic E-state index is 13.1. The molecule has 0 amide bonds. The maximum Gasteiger partial charge on any atom is 0.170 e. The Labute approximate surface area is 200 Å². The fourth-order valence-corrected chi connectivity index (χ4v) is 4.39. The molecule has 8 heteroatoms.